The van der Waals surface area contributed by atoms with Crippen molar-refractivity contribution >= 4 is 5.69 Å². The lowest BCUT2D eigenvalue weighted by molar-refractivity contribution is 0.579. The van der Waals surface area contributed by atoms with Crippen molar-refractivity contribution in [2.45, 2.75) is 26.4 Å². The number of aromatic nitrogens is 1. The Balaban J connectivity index is 2.29. The normalized spacial score (nSPS) is 12.2. The maximum atomic E-state index is 14.3. The maximum Gasteiger partial charge on any atom is 0.146 e. The van der Waals surface area contributed by atoms with Crippen molar-refractivity contribution in [3.8, 4) is 0 Å². The van der Waals surface area contributed by atoms with E-state index < -0.39 is 0 Å². The average molecular weight is 287 g/mol. The molecule has 0 saturated carbocycles. The maximum absolute atomic E-state index is 14.3. The van der Waals surface area contributed by atoms with Crippen LogP contribution in [-0.2, 0) is 6.54 Å². The molecule has 1 aromatic carbocycles. The minimum atomic E-state index is -0.191. The number of pyridine rings is 1. The number of nitrogens with zero attached hydrogens (tertiary/aromatic N) is 2. The van der Waals surface area contributed by atoms with Crippen LogP contribution in [0.15, 0.2) is 42.7 Å². The Kier molecular flexibility index (Phi) is 5.28. The zero-order valence-electron chi connectivity index (χ0n) is 12.8. The van der Waals surface area contributed by atoms with E-state index in [1.807, 2.05) is 36.3 Å². The Labute approximate surface area is 125 Å². The number of anilines is 1. The third-order valence-corrected chi connectivity index (χ3v) is 3.52. The van der Waals surface area contributed by atoms with E-state index in [0.717, 1.165) is 17.7 Å². The summed E-state index contributed by atoms with van der Waals surface area (Å²) < 4.78 is 14.3. The number of hydrogen-bond donors (Lipinski definition) is 1. The van der Waals surface area contributed by atoms with Crippen molar-refractivity contribution in [3.05, 3.63) is 59.7 Å². The number of para-hydroxylation sites is 1. The van der Waals surface area contributed by atoms with Crippen LogP contribution >= 0.6 is 0 Å². The second kappa shape index (κ2) is 7.18. The SMILES string of the molecule is CCNC(C)c1cccc(F)c1N(C)Cc1cccnc1. The van der Waals surface area contributed by atoms with Crippen LogP contribution < -0.4 is 10.2 Å². The van der Waals surface area contributed by atoms with Gasteiger partial charge in [0.15, 0.2) is 0 Å². The van der Waals surface area contributed by atoms with Crippen LogP contribution in [0.4, 0.5) is 10.1 Å². The van der Waals surface area contributed by atoms with E-state index >= 15 is 0 Å². The van der Waals surface area contributed by atoms with Gasteiger partial charge in [-0.1, -0.05) is 25.1 Å². The Bertz CT molecular complexity index is 572. The van der Waals surface area contributed by atoms with E-state index in [2.05, 4.69) is 24.1 Å². The van der Waals surface area contributed by atoms with E-state index in [1.165, 1.54) is 6.07 Å². The second-order valence-electron chi connectivity index (χ2n) is 5.17. The van der Waals surface area contributed by atoms with Gasteiger partial charge in [0, 0.05) is 32.0 Å². The summed E-state index contributed by atoms with van der Waals surface area (Å²) in [6.07, 6.45) is 3.55. The van der Waals surface area contributed by atoms with Crippen molar-refractivity contribution in [1.29, 1.82) is 0 Å². The van der Waals surface area contributed by atoms with Crippen molar-refractivity contribution in [1.82, 2.24) is 10.3 Å². The van der Waals surface area contributed by atoms with Gasteiger partial charge < -0.3 is 10.2 Å². The Morgan fingerprint density at radius 1 is 1.29 bits per heavy atom. The third kappa shape index (κ3) is 3.79. The zero-order valence-corrected chi connectivity index (χ0v) is 12.8. The summed E-state index contributed by atoms with van der Waals surface area (Å²) in [6.45, 7) is 5.58. The van der Waals surface area contributed by atoms with Gasteiger partial charge in [0.25, 0.3) is 0 Å². The molecule has 112 valence electrons. The third-order valence-electron chi connectivity index (χ3n) is 3.52. The highest BCUT2D eigenvalue weighted by Crippen LogP contribution is 2.29. The Morgan fingerprint density at radius 3 is 2.76 bits per heavy atom. The van der Waals surface area contributed by atoms with Crippen molar-refractivity contribution in [2.24, 2.45) is 0 Å². The van der Waals surface area contributed by atoms with E-state index in [0.29, 0.717) is 12.2 Å². The van der Waals surface area contributed by atoms with Gasteiger partial charge in [0.1, 0.15) is 5.82 Å². The fraction of sp³-hybridized carbons (Fsp3) is 0.353. The predicted molar refractivity (Wildman–Crippen MR) is 84.8 cm³/mol. The van der Waals surface area contributed by atoms with Gasteiger partial charge >= 0.3 is 0 Å². The number of hydrogen-bond acceptors (Lipinski definition) is 3. The van der Waals surface area contributed by atoms with Gasteiger partial charge in [0.05, 0.1) is 5.69 Å². The minimum Gasteiger partial charge on any atom is -0.368 e. The monoisotopic (exact) mass is 287 g/mol. The molecule has 2 aromatic rings. The largest absolute Gasteiger partial charge is 0.368 e. The highest BCUT2D eigenvalue weighted by atomic mass is 19.1. The molecule has 2 rings (SSSR count). The molecule has 21 heavy (non-hydrogen) atoms. The topological polar surface area (TPSA) is 28.2 Å². The summed E-state index contributed by atoms with van der Waals surface area (Å²) in [5.74, 6) is -0.191. The van der Waals surface area contributed by atoms with Crippen LogP contribution in [0.2, 0.25) is 0 Å². The molecule has 0 radical (unpaired) electrons. The van der Waals surface area contributed by atoms with Gasteiger partial charge in [-0.25, -0.2) is 4.39 Å². The molecular weight excluding hydrogens is 265 g/mol. The zero-order chi connectivity index (χ0) is 15.2. The van der Waals surface area contributed by atoms with Crippen molar-refractivity contribution < 1.29 is 4.39 Å². The minimum absolute atomic E-state index is 0.108. The molecule has 0 aliphatic rings. The summed E-state index contributed by atoms with van der Waals surface area (Å²) in [5.41, 5.74) is 2.68. The molecule has 3 nitrogen and oxygen atoms in total. The fourth-order valence-corrected chi connectivity index (χ4v) is 2.54. The van der Waals surface area contributed by atoms with E-state index in [9.17, 15) is 4.39 Å². The van der Waals surface area contributed by atoms with Gasteiger partial charge in [-0.05, 0) is 36.7 Å². The van der Waals surface area contributed by atoms with E-state index in [-0.39, 0.29) is 11.9 Å². The molecule has 0 aliphatic carbocycles. The van der Waals surface area contributed by atoms with Crippen LogP contribution in [0.3, 0.4) is 0 Å². The van der Waals surface area contributed by atoms with E-state index in [1.54, 1.807) is 12.3 Å². The Morgan fingerprint density at radius 2 is 2.10 bits per heavy atom. The fourth-order valence-electron chi connectivity index (χ4n) is 2.54. The lowest BCUT2D eigenvalue weighted by Gasteiger charge is -2.26. The first-order valence-corrected chi connectivity index (χ1v) is 7.25. The first-order valence-electron chi connectivity index (χ1n) is 7.25. The van der Waals surface area contributed by atoms with Gasteiger partial charge in [0.2, 0.25) is 0 Å². The van der Waals surface area contributed by atoms with E-state index in [4.69, 9.17) is 0 Å². The number of nitrogens with one attached hydrogen (secondary N) is 1. The molecule has 1 N–H and O–H groups in total. The first-order chi connectivity index (χ1) is 10.1. The Hall–Kier alpha value is -1.94. The second-order valence-corrected chi connectivity index (χ2v) is 5.17. The van der Waals surface area contributed by atoms with Gasteiger partial charge in [-0.2, -0.15) is 0 Å². The first kappa shape index (κ1) is 15.4. The van der Waals surface area contributed by atoms with Crippen LogP contribution in [0, 0.1) is 5.82 Å². The molecule has 0 aliphatic heterocycles. The number of benzene rings is 1. The molecule has 0 amide bonds. The van der Waals surface area contributed by atoms with Crippen molar-refractivity contribution in [2.75, 3.05) is 18.5 Å². The molecule has 0 spiro atoms. The molecule has 0 saturated heterocycles. The summed E-state index contributed by atoms with van der Waals surface area (Å²) in [5, 5.41) is 3.34. The molecule has 1 atom stereocenters. The van der Waals surface area contributed by atoms with Crippen molar-refractivity contribution in [3.63, 3.8) is 0 Å². The standard InChI is InChI=1S/C17H22FN3/c1-4-20-13(2)15-8-5-9-16(18)17(15)21(3)12-14-7-6-10-19-11-14/h5-11,13,20H,4,12H2,1-3H3. The number of halogens is 1. The molecule has 0 bridgehead atoms. The van der Waals surface area contributed by atoms with Crippen LogP contribution in [0.25, 0.3) is 0 Å². The number of rotatable bonds is 6. The molecule has 1 heterocycles. The molecule has 1 unspecified atom stereocenters. The summed E-state index contributed by atoms with van der Waals surface area (Å²) >= 11 is 0. The quantitative estimate of drug-likeness (QED) is 0.881. The molecule has 1 aromatic heterocycles. The molecular formula is C17H22FN3. The highest BCUT2D eigenvalue weighted by Gasteiger charge is 2.17. The van der Waals surface area contributed by atoms with Crippen LogP contribution in [-0.4, -0.2) is 18.6 Å². The lowest BCUT2D eigenvalue weighted by Crippen LogP contribution is -2.24. The smallest absolute Gasteiger partial charge is 0.146 e. The molecule has 0 fully saturated rings. The highest BCUT2D eigenvalue weighted by molar-refractivity contribution is 5.56. The van der Waals surface area contributed by atoms with Crippen LogP contribution in [0.1, 0.15) is 31.0 Å². The lowest BCUT2D eigenvalue weighted by atomic mass is 10.0. The predicted octanol–water partition coefficient (Wildman–Crippen LogP) is 3.53. The summed E-state index contributed by atoms with van der Waals surface area (Å²) in [6, 6.07) is 9.25. The summed E-state index contributed by atoms with van der Waals surface area (Å²) in [7, 11) is 1.91. The summed E-state index contributed by atoms with van der Waals surface area (Å²) in [4.78, 5) is 6.05. The van der Waals surface area contributed by atoms with Gasteiger partial charge in [-0.3, -0.25) is 4.98 Å². The van der Waals surface area contributed by atoms with Gasteiger partial charge in [-0.15, -0.1) is 0 Å². The average Bonchev–Trinajstić information content (AvgIpc) is 2.48. The van der Waals surface area contributed by atoms with Crippen LogP contribution in [0.5, 0.6) is 0 Å². The molecule has 4 heteroatoms.